The fourth-order valence-corrected chi connectivity index (χ4v) is 4.96. The second-order valence-corrected chi connectivity index (χ2v) is 9.53. The maximum absolute atomic E-state index is 12.6. The molecule has 4 rings (SSSR count). The van der Waals surface area contributed by atoms with Crippen LogP contribution >= 0.6 is 11.8 Å². The Labute approximate surface area is 205 Å². The molecule has 1 heterocycles. The van der Waals surface area contributed by atoms with Crippen LogP contribution in [0.5, 0.6) is 5.75 Å². The average molecular weight is 478 g/mol. The quantitative estimate of drug-likeness (QED) is 0.267. The lowest BCUT2D eigenvalue weighted by molar-refractivity contribution is -0.118. The van der Waals surface area contributed by atoms with Crippen molar-refractivity contribution in [1.29, 1.82) is 0 Å². The third-order valence-corrected chi connectivity index (χ3v) is 7.03. The number of hydrogen-bond donors (Lipinski definition) is 1. The number of carbonyl (C=O) groups excluding carboxylic acids is 1. The molecule has 0 spiro atoms. The summed E-state index contributed by atoms with van der Waals surface area (Å²) in [5.74, 6) is 1.66. The molecule has 0 unspecified atom stereocenters. The van der Waals surface area contributed by atoms with Gasteiger partial charge in [-0.15, -0.1) is 10.2 Å². The Balaban J connectivity index is 1.46. The van der Waals surface area contributed by atoms with Crippen LogP contribution in [0, 0.1) is 6.92 Å². The van der Waals surface area contributed by atoms with Gasteiger partial charge >= 0.3 is 0 Å². The number of rotatable bonds is 8. The van der Waals surface area contributed by atoms with Gasteiger partial charge in [0.1, 0.15) is 5.75 Å². The Kier molecular flexibility index (Phi) is 8.00. The van der Waals surface area contributed by atoms with E-state index < -0.39 is 0 Å². The molecular formula is C26H31N5O2S. The summed E-state index contributed by atoms with van der Waals surface area (Å²) in [6, 6.07) is 16.3. The van der Waals surface area contributed by atoms with E-state index in [1.54, 1.807) is 7.11 Å². The van der Waals surface area contributed by atoms with Crippen molar-refractivity contribution in [2.75, 3.05) is 12.9 Å². The third kappa shape index (κ3) is 5.86. The average Bonchev–Trinajstić information content (AvgIpc) is 3.31. The van der Waals surface area contributed by atoms with Crippen molar-refractivity contribution in [3.63, 3.8) is 0 Å². The maximum atomic E-state index is 12.6. The Hall–Kier alpha value is -3.13. The molecule has 0 atom stereocenters. The smallest absolute Gasteiger partial charge is 0.250 e. The predicted molar refractivity (Wildman–Crippen MR) is 136 cm³/mol. The number of nitrogens with one attached hydrogen (secondary N) is 1. The number of hydrazone groups is 1. The molecule has 1 aliphatic rings. The third-order valence-electron chi connectivity index (χ3n) is 6.08. The van der Waals surface area contributed by atoms with E-state index in [1.807, 2.05) is 31.2 Å². The van der Waals surface area contributed by atoms with Gasteiger partial charge in [-0.1, -0.05) is 73.0 Å². The largest absolute Gasteiger partial charge is 0.497 e. The zero-order valence-corrected chi connectivity index (χ0v) is 20.8. The first-order valence-electron chi connectivity index (χ1n) is 11.7. The fraction of sp³-hybridized carbons (Fsp3) is 0.385. The molecule has 7 nitrogen and oxygen atoms in total. The number of ether oxygens (including phenoxy) is 1. The van der Waals surface area contributed by atoms with Gasteiger partial charge in [-0.05, 0) is 38.8 Å². The van der Waals surface area contributed by atoms with Crippen molar-refractivity contribution in [3.8, 4) is 17.1 Å². The summed E-state index contributed by atoms with van der Waals surface area (Å²) in [5, 5.41) is 14.0. The number of aromatic nitrogens is 3. The van der Waals surface area contributed by atoms with E-state index in [0.29, 0.717) is 11.8 Å². The lowest BCUT2D eigenvalue weighted by Crippen LogP contribution is -2.22. The summed E-state index contributed by atoms with van der Waals surface area (Å²) in [5.41, 5.74) is 6.54. The molecule has 2 aromatic carbocycles. The second-order valence-electron chi connectivity index (χ2n) is 8.59. The van der Waals surface area contributed by atoms with Crippen LogP contribution in [0.4, 0.5) is 0 Å². The van der Waals surface area contributed by atoms with E-state index >= 15 is 0 Å². The Morgan fingerprint density at radius 2 is 1.91 bits per heavy atom. The Bertz CT molecular complexity index is 1150. The molecule has 0 radical (unpaired) electrons. The first-order chi connectivity index (χ1) is 16.5. The Morgan fingerprint density at radius 3 is 2.65 bits per heavy atom. The molecule has 8 heteroatoms. The first kappa shape index (κ1) is 24.0. The normalized spacial score (nSPS) is 14.7. The summed E-state index contributed by atoms with van der Waals surface area (Å²) in [7, 11) is 1.63. The molecule has 1 saturated carbocycles. The van der Waals surface area contributed by atoms with Gasteiger partial charge in [-0.3, -0.25) is 9.36 Å². The number of carbonyl (C=O) groups is 1. The van der Waals surface area contributed by atoms with Crippen LogP contribution in [0.2, 0.25) is 0 Å². The lowest BCUT2D eigenvalue weighted by Gasteiger charge is -2.25. The van der Waals surface area contributed by atoms with Gasteiger partial charge in [0.15, 0.2) is 11.0 Å². The number of nitrogens with zero attached hydrogens (tertiary/aromatic N) is 4. The van der Waals surface area contributed by atoms with Gasteiger partial charge in [0.25, 0.3) is 5.91 Å². The zero-order valence-electron chi connectivity index (χ0n) is 20.0. The SMILES string of the molecule is COc1cccc(/C(C)=N\NC(=O)CSc2nnc(-c3ccc(C)cc3)n2C2CCCCC2)c1. The van der Waals surface area contributed by atoms with E-state index in [2.05, 4.69) is 56.5 Å². The number of amides is 1. The van der Waals surface area contributed by atoms with Crippen molar-refractivity contribution in [2.45, 2.75) is 57.1 Å². The van der Waals surface area contributed by atoms with Crippen molar-refractivity contribution < 1.29 is 9.53 Å². The van der Waals surface area contributed by atoms with Crippen LogP contribution in [0.1, 0.15) is 56.2 Å². The molecule has 1 fully saturated rings. The van der Waals surface area contributed by atoms with Crippen molar-refractivity contribution in [2.24, 2.45) is 5.10 Å². The number of hydrogen-bond acceptors (Lipinski definition) is 6. The summed E-state index contributed by atoms with van der Waals surface area (Å²) < 4.78 is 7.50. The highest BCUT2D eigenvalue weighted by Crippen LogP contribution is 2.35. The minimum Gasteiger partial charge on any atom is -0.497 e. The zero-order chi connectivity index (χ0) is 23.9. The highest BCUT2D eigenvalue weighted by atomic mass is 32.2. The number of benzene rings is 2. The van der Waals surface area contributed by atoms with Gasteiger partial charge in [-0.2, -0.15) is 5.10 Å². The molecule has 178 valence electrons. The molecule has 34 heavy (non-hydrogen) atoms. The highest BCUT2D eigenvalue weighted by Gasteiger charge is 2.24. The topological polar surface area (TPSA) is 81.4 Å². The minimum atomic E-state index is -0.178. The Morgan fingerprint density at radius 1 is 1.15 bits per heavy atom. The maximum Gasteiger partial charge on any atom is 0.250 e. The van der Waals surface area contributed by atoms with Crippen LogP contribution in [-0.2, 0) is 4.79 Å². The van der Waals surface area contributed by atoms with Crippen LogP contribution in [0.15, 0.2) is 58.8 Å². The van der Waals surface area contributed by atoms with Crippen LogP contribution < -0.4 is 10.2 Å². The van der Waals surface area contributed by atoms with Crippen molar-refractivity contribution >= 4 is 23.4 Å². The van der Waals surface area contributed by atoms with E-state index in [0.717, 1.165) is 40.7 Å². The molecule has 1 N–H and O–H groups in total. The number of methoxy groups -OCH3 is 1. The lowest BCUT2D eigenvalue weighted by atomic mass is 9.95. The summed E-state index contributed by atoms with van der Waals surface area (Å²) >= 11 is 1.41. The minimum absolute atomic E-state index is 0.178. The van der Waals surface area contributed by atoms with E-state index in [1.165, 1.54) is 36.6 Å². The second kappa shape index (κ2) is 11.3. The molecule has 1 amide bonds. The van der Waals surface area contributed by atoms with Gasteiger partial charge in [0.05, 0.1) is 18.6 Å². The van der Waals surface area contributed by atoms with Crippen LogP contribution in [0.25, 0.3) is 11.4 Å². The molecule has 1 aliphatic carbocycles. The molecule has 0 bridgehead atoms. The first-order valence-corrected chi connectivity index (χ1v) is 12.7. The molecule has 0 saturated heterocycles. The van der Waals surface area contributed by atoms with E-state index in [9.17, 15) is 4.79 Å². The van der Waals surface area contributed by atoms with E-state index in [4.69, 9.17) is 4.74 Å². The molecule has 3 aromatic rings. The van der Waals surface area contributed by atoms with E-state index in [-0.39, 0.29) is 11.7 Å². The summed E-state index contributed by atoms with van der Waals surface area (Å²) in [6.07, 6.45) is 5.91. The highest BCUT2D eigenvalue weighted by molar-refractivity contribution is 7.99. The van der Waals surface area contributed by atoms with Gasteiger partial charge in [0, 0.05) is 17.2 Å². The number of thioether (sulfide) groups is 1. The summed E-state index contributed by atoms with van der Waals surface area (Å²) in [4.78, 5) is 12.6. The molecule has 1 aromatic heterocycles. The van der Waals surface area contributed by atoms with Gasteiger partial charge in [0.2, 0.25) is 0 Å². The predicted octanol–water partition coefficient (Wildman–Crippen LogP) is 5.40. The van der Waals surface area contributed by atoms with Gasteiger partial charge in [-0.25, -0.2) is 5.43 Å². The number of aryl methyl sites for hydroxylation is 1. The van der Waals surface area contributed by atoms with Crippen LogP contribution in [0.3, 0.4) is 0 Å². The summed E-state index contributed by atoms with van der Waals surface area (Å²) in [6.45, 7) is 3.93. The monoisotopic (exact) mass is 477 g/mol. The van der Waals surface area contributed by atoms with Crippen LogP contribution in [-0.4, -0.2) is 39.2 Å². The van der Waals surface area contributed by atoms with Crippen molar-refractivity contribution in [1.82, 2.24) is 20.2 Å². The van der Waals surface area contributed by atoms with Crippen molar-refractivity contribution in [3.05, 3.63) is 59.7 Å². The fourth-order valence-electron chi connectivity index (χ4n) is 4.16. The standard InChI is InChI=1S/C26H31N5O2S/c1-18-12-14-20(15-13-18)25-29-30-26(31(25)22-9-5-4-6-10-22)34-17-24(32)28-27-19(2)21-8-7-11-23(16-21)33-3/h7-8,11-16,22H,4-6,9-10,17H2,1-3H3,(H,28,32)/b27-19-. The van der Waals surface area contributed by atoms with Gasteiger partial charge < -0.3 is 4.74 Å². The molecular weight excluding hydrogens is 446 g/mol. The molecule has 0 aliphatic heterocycles.